The summed E-state index contributed by atoms with van der Waals surface area (Å²) >= 11 is 0. The van der Waals surface area contributed by atoms with Gasteiger partial charge in [0.2, 0.25) is 0 Å². The first-order chi connectivity index (χ1) is 10.9. The third-order valence-electron chi connectivity index (χ3n) is 4.63. The molecule has 1 saturated carbocycles. The monoisotopic (exact) mass is 343 g/mol. The second-order valence-corrected chi connectivity index (χ2v) is 8.90. The highest BCUT2D eigenvalue weighted by atomic mass is 16.6. The van der Waals surface area contributed by atoms with Crippen molar-refractivity contribution in [2.75, 3.05) is 13.1 Å². The van der Waals surface area contributed by atoms with Crippen LogP contribution in [0.5, 0.6) is 0 Å². The Bertz CT molecular complexity index is 385. The minimum absolute atomic E-state index is 0.135. The molecule has 2 atom stereocenters. The molecule has 5 nitrogen and oxygen atoms in total. The highest BCUT2D eigenvalue weighted by Gasteiger charge is 2.35. The van der Waals surface area contributed by atoms with Crippen molar-refractivity contribution in [3.8, 4) is 0 Å². The number of hydrogen-bond donors (Lipinski definition) is 2. The number of rotatable bonds is 1. The van der Waals surface area contributed by atoms with E-state index in [1.54, 1.807) is 0 Å². The van der Waals surface area contributed by atoms with Crippen LogP contribution >= 0.6 is 0 Å². The topological polar surface area (TPSA) is 70.0 Å². The van der Waals surface area contributed by atoms with Crippen LogP contribution in [-0.4, -0.2) is 45.7 Å². The number of ether oxygens (including phenoxy) is 1. The fourth-order valence-corrected chi connectivity index (χ4v) is 3.74. The van der Waals surface area contributed by atoms with Gasteiger partial charge in [0.05, 0.1) is 0 Å². The number of carbonyl (C=O) groups excluding carboxylic acids is 1. The van der Waals surface area contributed by atoms with Crippen LogP contribution in [0.25, 0.3) is 0 Å². The van der Waals surface area contributed by atoms with Gasteiger partial charge in [0, 0.05) is 13.1 Å². The molecular formula is C19H37NO4. The molecule has 2 rings (SSSR count). The third kappa shape index (κ3) is 8.34. The van der Waals surface area contributed by atoms with E-state index in [2.05, 4.69) is 6.92 Å². The van der Waals surface area contributed by atoms with Gasteiger partial charge >= 0.3 is 6.09 Å². The van der Waals surface area contributed by atoms with Gasteiger partial charge in [0.25, 0.3) is 0 Å². The van der Waals surface area contributed by atoms with E-state index in [4.69, 9.17) is 14.9 Å². The Labute approximate surface area is 147 Å². The first-order valence-corrected chi connectivity index (χ1v) is 9.29. The molecule has 1 heterocycles. The van der Waals surface area contributed by atoms with Gasteiger partial charge in [-0.25, -0.2) is 4.79 Å². The van der Waals surface area contributed by atoms with Gasteiger partial charge in [0.1, 0.15) is 5.60 Å². The lowest BCUT2D eigenvalue weighted by Crippen LogP contribution is -2.46. The third-order valence-corrected chi connectivity index (χ3v) is 4.63. The van der Waals surface area contributed by atoms with E-state index in [-0.39, 0.29) is 11.7 Å². The highest BCUT2D eigenvalue weighted by Crippen LogP contribution is 2.39. The summed E-state index contributed by atoms with van der Waals surface area (Å²) in [5.41, 5.74) is -0.386. The molecule has 1 aliphatic carbocycles. The van der Waals surface area contributed by atoms with Crippen LogP contribution in [0.1, 0.15) is 73.6 Å². The first kappa shape index (κ1) is 21.2. The normalized spacial score (nSPS) is 25.9. The molecule has 5 heteroatoms. The van der Waals surface area contributed by atoms with Crippen LogP contribution in [0.15, 0.2) is 0 Å². The molecule has 1 aliphatic heterocycles. The van der Waals surface area contributed by atoms with Crippen molar-refractivity contribution in [1.82, 2.24) is 4.90 Å². The lowest BCUT2D eigenvalue weighted by molar-refractivity contribution is -0.127. The number of nitrogens with zero attached hydrogens (tertiary/aromatic N) is 1. The maximum atomic E-state index is 12.1. The fourth-order valence-electron chi connectivity index (χ4n) is 3.74. The second kappa shape index (κ2) is 8.52. The van der Waals surface area contributed by atoms with Crippen LogP contribution in [-0.2, 0) is 4.74 Å². The number of amides is 1. The summed E-state index contributed by atoms with van der Waals surface area (Å²) < 4.78 is 5.47. The number of hydrogen-bond acceptors (Lipinski definition) is 4. The zero-order chi connectivity index (χ0) is 18.5. The molecule has 2 aliphatic rings. The maximum Gasteiger partial charge on any atom is 0.410 e. The van der Waals surface area contributed by atoms with Gasteiger partial charge < -0.3 is 19.8 Å². The summed E-state index contributed by atoms with van der Waals surface area (Å²) in [7, 11) is 0. The van der Waals surface area contributed by atoms with E-state index >= 15 is 0 Å². The Morgan fingerprint density at radius 2 is 1.54 bits per heavy atom. The van der Waals surface area contributed by atoms with E-state index in [9.17, 15) is 4.79 Å². The summed E-state index contributed by atoms with van der Waals surface area (Å²) in [5, 5.41) is 16.2. The quantitative estimate of drug-likeness (QED) is 0.711. The van der Waals surface area contributed by atoms with E-state index in [1.807, 2.05) is 25.7 Å². The molecule has 24 heavy (non-hydrogen) atoms. The molecule has 2 unspecified atom stereocenters. The summed E-state index contributed by atoms with van der Waals surface area (Å²) in [4.78, 5) is 14.0. The molecule has 0 spiro atoms. The van der Waals surface area contributed by atoms with Crippen LogP contribution in [0.4, 0.5) is 4.79 Å². The van der Waals surface area contributed by atoms with Crippen molar-refractivity contribution in [2.24, 2.45) is 17.8 Å². The van der Waals surface area contributed by atoms with E-state index < -0.39 is 5.79 Å². The van der Waals surface area contributed by atoms with Crippen LogP contribution in [0, 0.1) is 17.8 Å². The molecule has 0 aromatic carbocycles. The van der Waals surface area contributed by atoms with Gasteiger partial charge in [-0.05, 0) is 58.8 Å². The lowest BCUT2D eigenvalue weighted by atomic mass is 9.77. The van der Waals surface area contributed by atoms with E-state index in [0.29, 0.717) is 5.92 Å². The maximum absolute atomic E-state index is 12.1. The molecule has 1 amide bonds. The van der Waals surface area contributed by atoms with E-state index in [1.165, 1.54) is 39.5 Å². The van der Waals surface area contributed by atoms with Crippen LogP contribution in [0.2, 0.25) is 0 Å². The fraction of sp³-hybridized carbons (Fsp3) is 0.947. The predicted octanol–water partition coefficient (Wildman–Crippen LogP) is 3.78. The predicted molar refractivity (Wildman–Crippen MR) is 95.6 cm³/mol. The zero-order valence-electron chi connectivity index (χ0n) is 16.3. The number of carbonyl (C=O) groups is 1. The lowest BCUT2D eigenvalue weighted by Gasteiger charge is -2.40. The van der Waals surface area contributed by atoms with Gasteiger partial charge in [-0.2, -0.15) is 0 Å². The minimum atomic E-state index is -1.50. The molecule has 2 N–H and O–H groups in total. The standard InChI is InChI=1S/C16H29NO2.C3H8O2/c1-12-11-17(15(18)19-16(2,3)4)10-9-14(12)13-7-5-6-8-13;1-3(2,4)5/h12-14H,5-11H2,1-4H3;4-5H,1-2H3. The molecule has 2 fully saturated rings. The Morgan fingerprint density at radius 1 is 1.04 bits per heavy atom. The molecule has 142 valence electrons. The smallest absolute Gasteiger partial charge is 0.410 e. The van der Waals surface area contributed by atoms with Crippen molar-refractivity contribution < 1.29 is 19.7 Å². The summed E-state index contributed by atoms with van der Waals surface area (Å²) in [5.74, 6) is 0.848. The van der Waals surface area contributed by atoms with Gasteiger partial charge in [-0.3, -0.25) is 0 Å². The van der Waals surface area contributed by atoms with Gasteiger partial charge in [-0.1, -0.05) is 32.6 Å². The van der Waals surface area contributed by atoms with Crippen molar-refractivity contribution in [2.45, 2.75) is 85.0 Å². The summed E-state index contributed by atoms with van der Waals surface area (Å²) in [6.45, 7) is 12.4. The molecule has 0 aromatic rings. The number of piperidine rings is 1. The summed E-state index contributed by atoms with van der Waals surface area (Å²) in [6.07, 6.45) is 6.64. The zero-order valence-corrected chi connectivity index (χ0v) is 16.3. The Kier molecular flexibility index (Phi) is 7.54. The van der Waals surface area contributed by atoms with E-state index in [0.717, 1.165) is 31.3 Å². The Balaban J connectivity index is 0.000000505. The Hall–Kier alpha value is -0.810. The van der Waals surface area contributed by atoms with Crippen molar-refractivity contribution >= 4 is 6.09 Å². The van der Waals surface area contributed by atoms with Crippen LogP contribution < -0.4 is 0 Å². The van der Waals surface area contributed by atoms with Gasteiger partial charge in [0.15, 0.2) is 5.79 Å². The van der Waals surface area contributed by atoms with Crippen molar-refractivity contribution in [3.05, 3.63) is 0 Å². The first-order valence-electron chi connectivity index (χ1n) is 9.29. The summed E-state index contributed by atoms with van der Waals surface area (Å²) in [6, 6.07) is 0. The molecular weight excluding hydrogens is 306 g/mol. The Morgan fingerprint density at radius 3 is 1.96 bits per heavy atom. The SMILES string of the molecule is CC(C)(O)O.CC1CN(C(=O)OC(C)(C)C)CCC1C1CCCC1. The minimum Gasteiger partial charge on any atom is -0.444 e. The molecule has 0 bridgehead atoms. The largest absolute Gasteiger partial charge is 0.444 e. The van der Waals surface area contributed by atoms with Crippen molar-refractivity contribution in [1.29, 1.82) is 0 Å². The molecule has 0 aromatic heterocycles. The average Bonchev–Trinajstić information content (AvgIpc) is 2.88. The van der Waals surface area contributed by atoms with Gasteiger partial charge in [-0.15, -0.1) is 0 Å². The highest BCUT2D eigenvalue weighted by molar-refractivity contribution is 5.68. The molecule has 0 radical (unpaired) electrons. The van der Waals surface area contributed by atoms with Crippen LogP contribution in [0.3, 0.4) is 0 Å². The van der Waals surface area contributed by atoms with Crippen molar-refractivity contribution in [3.63, 3.8) is 0 Å². The molecule has 1 saturated heterocycles. The average molecular weight is 344 g/mol. The number of aliphatic hydroxyl groups is 2. The number of likely N-dealkylation sites (tertiary alicyclic amines) is 1. The second-order valence-electron chi connectivity index (χ2n) is 8.90.